The van der Waals surface area contributed by atoms with Crippen molar-refractivity contribution in [3.8, 4) is 17.2 Å². The van der Waals surface area contributed by atoms with Crippen LogP contribution in [0.15, 0.2) is 54.6 Å². The standard InChI is InChI=1S/C25H29N3O3/c1-18-16-22(19(2)28(18)20-8-7-9-21(17-20)30-3)25(29)27-14-12-26(13-15-27)23-10-5-6-11-24(23)31-4/h5-11,16-17H,12-15H2,1-4H3. The Kier molecular flexibility index (Phi) is 5.89. The highest BCUT2D eigenvalue weighted by molar-refractivity contribution is 5.96. The van der Waals surface area contributed by atoms with Crippen LogP contribution in [-0.2, 0) is 0 Å². The average molecular weight is 420 g/mol. The fourth-order valence-electron chi connectivity index (χ4n) is 4.34. The first kappa shape index (κ1) is 20.8. The van der Waals surface area contributed by atoms with Gasteiger partial charge in [0.15, 0.2) is 0 Å². The summed E-state index contributed by atoms with van der Waals surface area (Å²) in [7, 11) is 3.35. The van der Waals surface area contributed by atoms with E-state index in [1.54, 1.807) is 14.2 Å². The molecule has 1 aliphatic heterocycles. The van der Waals surface area contributed by atoms with Gasteiger partial charge in [-0.3, -0.25) is 4.79 Å². The molecule has 0 unspecified atom stereocenters. The molecule has 2 aromatic carbocycles. The molecule has 31 heavy (non-hydrogen) atoms. The number of para-hydroxylation sites is 2. The summed E-state index contributed by atoms with van der Waals surface area (Å²) in [6.45, 7) is 6.95. The monoisotopic (exact) mass is 419 g/mol. The topological polar surface area (TPSA) is 46.9 Å². The molecule has 6 nitrogen and oxygen atoms in total. The number of aromatic nitrogens is 1. The third kappa shape index (κ3) is 3.98. The Balaban J connectivity index is 1.52. The number of ether oxygens (including phenoxy) is 2. The van der Waals surface area contributed by atoms with Crippen molar-refractivity contribution in [2.45, 2.75) is 13.8 Å². The normalized spacial score (nSPS) is 13.9. The lowest BCUT2D eigenvalue weighted by Gasteiger charge is -2.36. The molecule has 0 N–H and O–H groups in total. The summed E-state index contributed by atoms with van der Waals surface area (Å²) in [5, 5.41) is 0. The minimum absolute atomic E-state index is 0.0851. The highest BCUT2D eigenvalue weighted by Gasteiger charge is 2.26. The molecule has 1 aliphatic rings. The fourth-order valence-corrected chi connectivity index (χ4v) is 4.34. The van der Waals surface area contributed by atoms with Gasteiger partial charge in [-0.25, -0.2) is 0 Å². The van der Waals surface area contributed by atoms with Crippen LogP contribution in [0.5, 0.6) is 11.5 Å². The van der Waals surface area contributed by atoms with E-state index in [0.717, 1.165) is 52.9 Å². The molecule has 1 aromatic heterocycles. The summed E-state index contributed by atoms with van der Waals surface area (Å²) in [6, 6.07) is 17.9. The number of benzene rings is 2. The predicted molar refractivity (Wildman–Crippen MR) is 123 cm³/mol. The number of carbonyl (C=O) groups excluding carboxylic acids is 1. The summed E-state index contributed by atoms with van der Waals surface area (Å²) in [5.74, 6) is 1.75. The van der Waals surface area contributed by atoms with Crippen LogP contribution in [0, 0.1) is 13.8 Å². The third-order valence-electron chi connectivity index (χ3n) is 5.97. The van der Waals surface area contributed by atoms with Gasteiger partial charge in [0.2, 0.25) is 0 Å². The van der Waals surface area contributed by atoms with Gasteiger partial charge >= 0.3 is 0 Å². The van der Waals surface area contributed by atoms with Crippen LogP contribution in [0.4, 0.5) is 5.69 Å². The highest BCUT2D eigenvalue weighted by atomic mass is 16.5. The molecular formula is C25H29N3O3. The van der Waals surface area contributed by atoms with Crippen molar-refractivity contribution in [2.75, 3.05) is 45.3 Å². The summed E-state index contributed by atoms with van der Waals surface area (Å²) >= 11 is 0. The average Bonchev–Trinajstić information content (AvgIpc) is 3.12. The number of amides is 1. The number of anilines is 1. The Morgan fingerprint density at radius 1 is 0.871 bits per heavy atom. The van der Waals surface area contributed by atoms with E-state index >= 15 is 0 Å². The van der Waals surface area contributed by atoms with E-state index in [4.69, 9.17) is 9.47 Å². The van der Waals surface area contributed by atoms with Gasteiger partial charge in [0.25, 0.3) is 5.91 Å². The van der Waals surface area contributed by atoms with E-state index in [1.807, 2.05) is 67.3 Å². The van der Waals surface area contributed by atoms with E-state index in [-0.39, 0.29) is 5.91 Å². The van der Waals surface area contributed by atoms with E-state index < -0.39 is 0 Å². The molecule has 2 heterocycles. The molecule has 1 amide bonds. The van der Waals surface area contributed by atoms with Gasteiger partial charge in [-0.1, -0.05) is 18.2 Å². The maximum atomic E-state index is 13.4. The van der Waals surface area contributed by atoms with Gasteiger partial charge in [-0.15, -0.1) is 0 Å². The van der Waals surface area contributed by atoms with Crippen molar-refractivity contribution in [3.05, 3.63) is 71.5 Å². The molecule has 0 aliphatic carbocycles. The van der Waals surface area contributed by atoms with Crippen molar-refractivity contribution in [2.24, 2.45) is 0 Å². The lowest BCUT2D eigenvalue weighted by atomic mass is 10.1. The van der Waals surface area contributed by atoms with Gasteiger partial charge in [0.05, 0.1) is 25.5 Å². The molecule has 1 saturated heterocycles. The van der Waals surface area contributed by atoms with Crippen LogP contribution in [0.3, 0.4) is 0 Å². The first-order valence-corrected chi connectivity index (χ1v) is 10.5. The molecule has 0 atom stereocenters. The number of nitrogens with zero attached hydrogens (tertiary/aromatic N) is 3. The van der Waals surface area contributed by atoms with Gasteiger partial charge in [0.1, 0.15) is 11.5 Å². The fraction of sp³-hybridized carbons (Fsp3) is 0.320. The van der Waals surface area contributed by atoms with E-state index in [1.165, 1.54) is 0 Å². The maximum Gasteiger partial charge on any atom is 0.255 e. The molecule has 0 spiro atoms. The number of hydrogen-bond acceptors (Lipinski definition) is 4. The second-order valence-corrected chi connectivity index (χ2v) is 7.77. The Labute approximate surface area is 183 Å². The Bertz CT molecular complexity index is 1080. The summed E-state index contributed by atoms with van der Waals surface area (Å²) < 4.78 is 13.0. The minimum Gasteiger partial charge on any atom is -0.497 e. The van der Waals surface area contributed by atoms with Gasteiger partial charge in [-0.2, -0.15) is 0 Å². The van der Waals surface area contributed by atoms with Gasteiger partial charge in [0, 0.05) is 49.3 Å². The number of aryl methyl sites for hydroxylation is 1. The van der Waals surface area contributed by atoms with Crippen LogP contribution in [0.1, 0.15) is 21.7 Å². The van der Waals surface area contributed by atoms with Gasteiger partial charge in [-0.05, 0) is 44.2 Å². The van der Waals surface area contributed by atoms with Crippen LogP contribution in [0.25, 0.3) is 5.69 Å². The maximum absolute atomic E-state index is 13.4. The third-order valence-corrected chi connectivity index (χ3v) is 5.97. The van der Waals surface area contributed by atoms with Crippen molar-refractivity contribution in [3.63, 3.8) is 0 Å². The summed E-state index contributed by atoms with van der Waals surface area (Å²) in [5.41, 5.74) is 4.80. The molecule has 3 aromatic rings. The quantitative estimate of drug-likeness (QED) is 0.625. The lowest BCUT2D eigenvalue weighted by molar-refractivity contribution is 0.0746. The first-order valence-electron chi connectivity index (χ1n) is 10.5. The highest BCUT2D eigenvalue weighted by Crippen LogP contribution is 2.29. The zero-order valence-corrected chi connectivity index (χ0v) is 18.6. The molecule has 0 saturated carbocycles. The van der Waals surface area contributed by atoms with Crippen LogP contribution in [-0.4, -0.2) is 55.8 Å². The van der Waals surface area contributed by atoms with E-state index in [2.05, 4.69) is 15.5 Å². The number of piperazine rings is 1. The second-order valence-electron chi connectivity index (χ2n) is 7.77. The molecular weight excluding hydrogens is 390 g/mol. The van der Waals surface area contributed by atoms with Crippen molar-refractivity contribution in [1.82, 2.24) is 9.47 Å². The van der Waals surface area contributed by atoms with Crippen LogP contribution >= 0.6 is 0 Å². The largest absolute Gasteiger partial charge is 0.497 e. The van der Waals surface area contributed by atoms with E-state index in [0.29, 0.717) is 13.1 Å². The Morgan fingerprint density at radius 2 is 1.61 bits per heavy atom. The minimum atomic E-state index is 0.0851. The first-order chi connectivity index (χ1) is 15.0. The van der Waals surface area contributed by atoms with Crippen molar-refractivity contribution in [1.29, 1.82) is 0 Å². The second kappa shape index (κ2) is 8.76. The number of carbonyl (C=O) groups is 1. The molecule has 1 fully saturated rings. The molecule has 4 rings (SSSR count). The van der Waals surface area contributed by atoms with Crippen LogP contribution < -0.4 is 14.4 Å². The SMILES string of the molecule is COc1cccc(-n2c(C)cc(C(=O)N3CCN(c4ccccc4OC)CC3)c2C)c1. The number of hydrogen-bond donors (Lipinski definition) is 0. The van der Waals surface area contributed by atoms with Crippen LogP contribution in [0.2, 0.25) is 0 Å². The summed E-state index contributed by atoms with van der Waals surface area (Å²) in [6.07, 6.45) is 0. The predicted octanol–water partition coefficient (Wildman–Crippen LogP) is 4.07. The zero-order chi connectivity index (χ0) is 22.0. The zero-order valence-electron chi connectivity index (χ0n) is 18.6. The molecule has 0 radical (unpaired) electrons. The molecule has 162 valence electrons. The number of methoxy groups -OCH3 is 2. The lowest BCUT2D eigenvalue weighted by Crippen LogP contribution is -2.49. The Morgan fingerprint density at radius 3 is 2.32 bits per heavy atom. The van der Waals surface area contributed by atoms with E-state index in [9.17, 15) is 4.79 Å². The van der Waals surface area contributed by atoms with Gasteiger partial charge < -0.3 is 23.8 Å². The molecule has 0 bridgehead atoms. The van der Waals surface area contributed by atoms with Crippen molar-refractivity contribution >= 4 is 11.6 Å². The van der Waals surface area contributed by atoms with Crippen molar-refractivity contribution < 1.29 is 14.3 Å². The smallest absolute Gasteiger partial charge is 0.255 e. The number of rotatable bonds is 5. The Hall–Kier alpha value is -3.41. The molecule has 6 heteroatoms. The summed E-state index contributed by atoms with van der Waals surface area (Å²) in [4.78, 5) is 17.6.